The molecule has 126 valence electrons. The maximum Gasteiger partial charge on any atom is 0.240 e. The fourth-order valence-corrected chi connectivity index (χ4v) is 3.94. The predicted molar refractivity (Wildman–Crippen MR) is 99.8 cm³/mol. The molecule has 0 spiro atoms. The highest BCUT2D eigenvalue weighted by Gasteiger charge is 2.27. The van der Waals surface area contributed by atoms with E-state index in [4.69, 9.17) is 10.5 Å². The second-order valence-corrected chi connectivity index (χ2v) is 7.29. The van der Waals surface area contributed by atoms with Gasteiger partial charge in [0.15, 0.2) is 0 Å². The van der Waals surface area contributed by atoms with Crippen LogP contribution in [0.15, 0.2) is 47.4 Å². The average molecular weight is 342 g/mol. The van der Waals surface area contributed by atoms with Crippen LogP contribution in [0, 0.1) is 0 Å². The molecule has 3 rings (SSSR count). The fraction of sp³-hybridized carbons (Fsp3) is 0.316. The van der Waals surface area contributed by atoms with Crippen molar-refractivity contribution in [2.75, 3.05) is 24.3 Å². The van der Waals surface area contributed by atoms with Gasteiger partial charge >= 0.3 is 0 Å². The highest BCUT2D eigenvalue weighted by molar-refractivity contribution is 8.00. The molecular formula is C19H22N2O2S. The molecular weight excluding hydrogens is 320 g/mol. The number of ether oxygens (including phenoxy) is 1. The number of methoxy groups -OCH3 is 1. The van der Waals surface area contributed by atoms with Crippen LogP contribution in [0.3, 0.4) is 0 Å². The van der Waals surface area contributed by atoms with Crippen molar-refractivity contribution in [1.29, 1.82) is 0 Å². The van der Waals surface area contributed by atoms with E-state index >= 15 is 0 Å². The van der Waals surface area contributed by atoms with Crippen molar-refractivity contribution >= 4 is 29.0 Å². The molecule has 0 fully saturated rings. The lowest BCUT2D eigenvalue weighted by molar-refractivity contribution is -0.117. The molecule has 24 heavy (non-hydrogen) atoms. The van der Waals surface area contributed by atoms with Crippen molar-refractivity contribution in [3.05, 3.63) is 48.0 Å². The Kier molecular flexibility index (Phi) is 5.00. The minimum absolute atomic E-state index is 0.127. The van der Waals surface area contributed by atoms with Crippen LogP contribution in [0.25, 0.3) is 0 Å². The van der Waals surface area contributed by atoms with Crippen molar-refractivity contribution in [1.82, 2.24) is 0 Å². The van der Waals surface area contributed by atoms with Gasteiger partial charge in [-0.2, -0.15) is 0 Å². The second-order valence-electron chi connectivity index (χ2n) is 5.87. The first-order valence-corrected chi connectivity index (χ1v) is 8.97. The van der Waals surface area contributed by atoms with Crippen LogP contribution in [-0.2, 0) is 11.2 Å². The van der Waals surface area contributed by atoms with Crippen molar-refractivity contribution in [3.8, 4) is 5.75 Å². The van der Waals surface area contributed by atoms with Crippen molar-refractivity contribution in [3.63, 3.8) is 0 Å². The summed E-state index contributed by atoms with van der Waals surface area (Å²) in [6, 6.07) is 13.6. The van der Waals surface area contributed by atoms with Crippen molar-refractivity contribution in [2.24, 2.45) is 0 Å². The third-order valence-corrected chi connectivity index (χ3v) is 5.37. The number of carbonyl (C=O) groups is 1. The van der Waals surface area contributed by atoms with Crippen LogP contribution in [0.4, 0.5) is 11.4 Å². The summed E-state index contributed by atoms with van der Waals surface area (Å²) in [6.45, 7) is 2.71. The number of nitrogens with two attached hydrogens (primary N) is 1. The lowest BCUT2D eigenvalue weighted by atomic mass is 9.99. The number of nitrogen functional groups attached to an aromatic ring is 1. The van der Waals surface area contributed by atoms with E-state index in [1.807, 2.05) is 54.3 Å². The number of fused-ring (bicyclic) bond motifs is 1. The molecule has 2 aromatic rings. The Morgan fingerprint density at radius 2 is 2.00 bits per heavy atom. The van der Waals surface area contributed by atoms with Crippen LogP contribution in [0.2, 0.25) is 0 Å². The summed E-state index contributed by atoms with van der Waals surface area (Å²) in [5, 5.41) is -0.161. The SMILES string of the molecule is COc1ccc(SC(C)C(=O)N2CCCc3c(N)cccc32)cc1. The molecule has 2 N–H and O–H groups in total. The van der Waals surface area contributed by atoms with Crippen LogP contribution in [-0.4, -0.2) is 24.8 Å². The predicted octanol–water partition coefficient (Wildman–Crippen LogP) is 3.74. The van der Waals surface area contributed by atoms with Gasteiger partial charge in [0.2, 0.25) is 5.91 Å². The Bertz CT molecular complexity index is 731. The van der Waals surface area contributed by atoms with Crippen LogP contribution in [0.1, 0.15) is 18.9 Å². The molecule has 0 bridgehead atoms. The summed E-state index contributed by atoms with van der Waals surface area (Å²) in [6.07, 6.45) is 1.89. The molecule has 1 amide bonds. The molecule has 2 aromatic carbocycles. The van der Waals surface area contributed by atoms with Gasteiger partial charge in [-0.05, 0) is 61.7 Å². The molecule has 1 heterocycles. The Morgan fingerprint density at radius 3 is 2.71 bits per heavy atom. The Hall–Kier alpha value is -2.14. The van der Waals surface area contributed by atoms with Gasteiger partial charge in [-0.1, -0.05) is 6.07 Å². The molecule has 0 saturated heterocycles. The molecule has 1 aliphatic rings. The van der Waals surface area contributed by atoms with E-state index < -0.39 is 0 Å². The first-order chi connectivity index (χ1) is 11.6. The van der Waals surface area contributed by atoms with Gasteiger partial charge in [-0.3, -0.25) is 4.79 Å². The molecule has 0 saturated carbocycles. The summed E-state index contributed by atoms with van der Waals surface area (Å²) < 4.78 is 5.17. The standard InChI is InChI=1S/C19H22N2O2S/c1-13(24-15-10-8-14(23-2)9-11-15)19(22)21-12-4-5-16-17(20)6-3-7-18(16)21/h3,6-11,13H,4-5,12,20H2,1-2H3. The molecule has 4 nitrogen and oxygen atoms in total. The average Bonchev–Trinajstić information content (AvgIpc) is 2.61. The zero-order valence-corrected chi connectivity index (χ0v) is 14.8. The summed E-state index contributed by atoms with van der Waals surface area (Å²) in [5.41, 5.74) is 8.92. The van der Waals surface area contributed by atoms with Gasteiger partial charge in [-0.15, -0.1) is 11.8 Å². The Morgan fingerprint density at radius 1 is 1.25 bits per heavy atom. The largest absolute Gasteiger partial charge is 0.497 e. The van der Waals surface area contributed by atoms with E-state index in [1.54, 1.807) is 18.9 Å². The van der Waals surface area contributed by atoms with E-state index in [0.29, 0.717) is 0 Å². The number of carbonyl (C=O) groups excluding carboxylic acids is 1. The normalized spacial score (nSPS) is 14.8. The maximum absolute atomic E-state index is 12.9. The first-order valence-electron chi connectivity index (χ1n) is 8.09. The molecule has 0 aromatic heterocycles. The van der Waals surface area contributed by atoms with E-state index in [2.05, 4.69) is 0 Å². The summed E-state index contributed by atoms with van der Waals surface area (Å²) in [5.74, 6) is 0.945. The van der Waals surface area contributed by atoms with E-state index in [1.165, 1.54) is 0 Å². The summed E-state index contributed by atoms with van der Waals surface area (Å²) in [7, 11) is 1.65. The number of nitrogens with zero attached hydrogens (tertiary/aromatic N) is 1. The summed E-state index contributed by atoms with van der Waals surface area (Å²) >= 11 is 1.57. The minimum Gasteiger partial charge on any atom is -0.497 e. The number of benzene rings is 2. The zero-order valence-electron chi connectivity index (χ0n) is 14.0. The van der Waals surface area contributed by atoms with Gasteiger partial charge in [0.05, 0.1) is 12.4 Å². The highest BCUT2D eigenvalue weighted by Crippen LogP contribution is 2.34. The van der Waals surface area contributed by atoms with Crippen LogP contribution >= 0.6 is 11.8 Å². The maximum atomic E-state index is 12.9. The van der Waals surface area contributed by atoms with Gasteiger partial charge in [0.1, 0.15) is 5.75 Å². The lowest BCUT2D eigenvalue weighted by Gasteiger charge is -2.32. The van der Waals surface area contributed by atoms with Gasteiger partial charge in [0.25, 0.3) is 0 Å². The van der Waals surface area contributed by atoms with Crippen molar-refractivity contribution in [2.45, 2.75) is 29.9 Å². The molecule has 1 unspecified atom stereocenters. The smallest absolute Gasteiger partial charge is 0.240 e. The van der Waals surface area contributed by atoms with Gasteiger partial charge in [-0.25, -0.2) is 0 Å². The van der Waals surface area contributed by atoms with E-state index in [9.17, 15) is 4.79 Å². The number of thioether (sulfide) groups is 1. The highest BCUT2D eigenvalue weighted by atomic mass is 32.2. The number of rotatable bonds is 4. The zero-order chi connectivity index (χ0) is 17.1. The lowest BCUT2D eigenvalue weighted by Crippen LogP contribution is -2.40. The molecule has 0 radical (unpaired) electrons. The van der Waals surface area contributed by atoms with Crippen LogP contribution < -0.4 is 15.4 Å². The number of hydrogen-bond donors (Lipinski definition) is 1. The topological polar surface area (TPSA) is 55.6 Å². The number of amides is 1. The summed E-state index contributed by atoms with van der Waals surface area (Å²) in [4.78, 5) is 15.9. The van der Waals surface area contributed by atoms with E-state index in [0.717, 1.165) is 47.0 Å². The molecule has 0 aliphatic carbocycles. The first kappa shape index (κ1) is 16.7. The minimum atomic E-state index is -0.161. The molecule has 5 heteroatoms. The quantitative estimate of drug-likeness (QED) is 0.679. The number of hydrogen-bond acceptors (Lipinski definition) is 4. The third kappa shape index (κ3) is 3.36. The van der Waals surface area contributed by atoms with E-state index in [-0.39, 0.29) is 11.2 Å². The second kappa shape index (κ2) is 7.18. The fourth-order valence-electron chi connectivity index (χ4n) is 3.01. The Balaban J connectivity index is 1.75. The van der Waals surface area contributed by atoms with Gasteiger partial charge in [0, 0.05) is 22.8 Å². The number of anilines is 2. The van der Waals surface area contributed by atoms with Gasteiger partial charge < -0.3 is 15.4 Å². The molecule has 1 atom stereocenters. The molecule has 1 aliphatic heterocycles. The van der Waals surface area contributed by atoms with Crippen molar-refractivity contribution < 1.29 is 9.53 Å². The monoisotopic (exact) mass is 342 g/mol. The van der Waals surface area contributed by atoms with Crippen LogP contribution in [0.5, 0.6) is 5.75 Å². The Labute approximate surface area is 147 Å². The third-order valence-electron chi connectivity index (χ3n) is 4.27.